The maximum atomic E-state index is 11.6. The molecule has 1 atom stereocenters. The number of thioether (sulfide) groups is 2. The molecule has 17 heavy (non-hydrogen) atoms. The quantitative estimate of drug-likeness (QED) is 0.589. The maximum Gasteiger partial charge on any atom is 0.283 e. The lowest BCUT2D eigenvalue weighted by Crippen LogP contribution is -2.26. The summed E-state index contributed by atoms with van der Waals surface area (Å²) in [6.07, 6.45) is 2.03. The van der Waals surface area contributed by atoms with Gasteiger partial charge in [-0.2, -0.15) is 0 Å². The molecule has 0 bridgehead atoms. The van der Waals surface area contributed by atoms with Crippen LogP contribution in [0.3, 0.4) is 0 Å². The van der Waals surface area contributed by atoms with Crippen LogP contribution in [0.4, 0.5) is 4.79 Å². The van der Waals surface area contributed by atoms with Crippen LogP contribution >= 0.6 is 55.4 Å². The Morgan fingerprint density at radius 2 is 1.94 bits per heavy atom. The molecule has 1 amide bonds. The van der Waals surface area contributed by atoms with E-state index in [2.05, 4.69) is 37.2 Å². The van der Waals surface area contributed by atoms with Gasteiger partial charge in [-0.3, -0.25) is 4.79 Å². The van der Waals surface area contributed by atoms with E-state index < -0.39 is 0 Å². The average Bonchev–Trinajstić information content (AvgIpc) is 2.36. The molecule has 0 heterocycles. The lowest BCUT2D eigenvalue weighted by atomic mass is 10.4. The molecule has 94 valence electrons. The van der Waals surface area contributed by atoms with E-state index in [1.165, 1.54) is 16.7 Å². The van der Waals surface area contributed by atoms with Gasteiger partial charge in [0, 0.05) is 26.5 Å². The van der Waals surface area contributed by atoms with Gasteiger partial charge in [0.2, 0.25) is 0 Å². The van der Waals surface area contributed by atoms with Crippen LogP contribution in [0.1, 0.15) is 0 Å². The number of amides is 1. The molecule has 0 aliphatic heterocycles. The molecular formula is C11H13Br2NOS2. The SMILES string of the molecule is CSc1ccc(SC(=O)NCC(Br)CBr)cc1. The van der Waals surface area contributed by atoms with Gasteiger partial charge in [-0.15, -0.1) is 11.8 Å². The fourth-order valence-electron chi connectivity index (χ4n) is 1.04. The highest BCUT2D eigenvalue weighted by Gasteiger charge is 2.07. The molecule has 1 rings (SSSR count). The van der Waals surface area contributed by atoms with E-state index in [-0.39, 0.29) is 10.1 Å². The third-order valence-electron chi connectivity index (χ3n) is 1.91. The zero-order valence-corrected chi connectivity index (χ0v) is 14.1. The van der Waals surface area contributed by atoms with Gasteiger partial charge < -0.3 is 5.32 Å². The highest BCUT2D eigenvalue weighted by atomic mass is 79.9. The van der Waals surface area contributed by atoms with Crippen molar-refractivity contribution in [1.82, 2.24) is 5.32 Å². The van der Waals surface area contributed by atoms with Crippen LogP contribution in [0.25, 0.3) is 0 Å². The smallest absolute Gasteiger partial charge is 0.283 e. The Morgan fingerprint density at radius 1 is 1.35 bits per heavy atom. The minimum Gasteiger partial charge on any atom is -0.346 e. The first-order valence-electron chi connectivity index (χ1n) is 4.95. The van der Waals surface area contributed by atoms with E-state index in [9.17, 15) is 4.79 Å². The minimum absolute atomic E-state index is 0.0210. The monoisotopic (exact) mass is 397 g/mol. The molecular weight excluding hydrogens is 386 g/mol. The van der Waals surface area contributed by atoms with E-state index in [0.29, 0.717) is 6.54 Å². The predicted octanol–water partition coefficient (Wildman–Crippen LogP) is 4.37. The Bertz CT molecular complexity index is 359. The second-order valence-electron chi connectivity index (χ2n) is 3.20. The molecule has 0 fully saturated rings. The number of alkyl halides is 2. The zero-order valence-electron chi connectivity index (χ0n) is 9.28. The highest BCUT2D eigenvalue weighted by molar-refractivity contribution is 9.12. The van der Waals surface area contributed by atoms with Crippen molar-refractivity contribution >= 4 is 60.6 Å². The first-order valence-corrected chi connectivity index (χ1v) is 9.03. The van der Waals surface area contributed by atoms with Crippen molar-refractivity contribution in [3.63, 3.8) is 0 Å². The molecule has 0 saturated carbocycles. The van der Waals surface area contributed by atoms with Crippen LogP contribution in [0.5, 0.6) is 0 Å². The van der Waals surface area contributed by atoms with E-state index in [1.54, 1.807) is 11.8 Å². The molecule has 0 aliphatic rings. The standard InChI is InChI=1S/C11H13Br2NOS2/c1-16-9-2-4-10(5-3-9)17-11(15)14-7-8(13)6-12/h2-5,8H,6-7H2,1H3,(H,14,15). The van der Waals surface area contributed by atoms with E-state index in [0.717, 1.165) is 10.2 Å². The summed E-state index contributed by atoms with van der Waals surface area (Å²) in [7, 11) is 0. The number of hydrogen-bond acceptors (Lipinski definition) is 3. The van der Waals surface area contributed by atoms with E-state index >= 15 is 0 Å². The molecule has 0 aromatic heterocycles. The van der Waals surface area contributed by atoms with Crippen LogP contribution in [-0.2, 0) is 0 Å². The minimum atomic E-state index is -0.0210. The topological polar surface area (TPSA) is 29.1 Å². The molecule has 1 unspecified atom stereocenters. The third kappa shape index (κ3) is 6.18. The van der Waals surface area contributed by atoms with Crippen molar-refractivity contribution in [3.8, 4) is 0 Å². The van der Waals surface area contributed by atoms with Gasteiger partial charge in [0.15, 0.2) is 0 Å². The summed E-state index contributed by atoms with van der Waals surface area (Å²) in [6.45, 7) is 0.625. The lowest BCUT2D eigenvalue weighted by molar-refractivity contribution is 0.261. The summed E-state index contributed by atoms with van der Waals surface area (Å²) < 4.78 is 0. The van der Waals surface area contributed by atoms with Gasteiger partial charge >= 0.3 is 0 Å². The summed E-state index contributed by atoms with van der Waals surface area (Å²) in [4.78, 5) is 14.0. The molecule has 2 nitrogen and oxygen atoms in total. The Hall–Kier alpha value is 0.350. The Morgan fingerprint density at radius 3 is 2.47 bits per heavy atom. The molecule has 6 heteroatoms. The first kappa shape index (κ1) is 15.4. The normalized spacial score (nSPS) is 12.2. The van der Waals surface area contributed by atoms with Crippen LogP contribution < -0.4 is 5.32 Å². The molecule has 0 aliphatic carbocycles. The first-order chi connectivity index (χ1) is 8.15. The number of nitrogens with one attached hydrogen (secondary N) is 1. The summed E-state index contributed by atoms with van der Waals surface area (Å²) in [5, 5.41) is 3.65. The molecule has 0 radical (unpaired) electrons. The van der Waals surface area contributed by atoms with Crippen molar-refractivity contribution in [2.24, 2.45) is 0 Å². The molecule has 1 N–H and O–H groups in total. The van der Waals surface area contributed by atoms with Crippen molar-refractivity contribution in [3.05, 3.63) is 24.3 Å². The number of hydrogen-bond donors (Lipinski definition) is 1. The van der Waals surface area contributed by atoms with Crippen LogP contribution in [-0.4, -0.2) is 28.2 Å². The second-order valence-corrected chi connectivity index (χ2v) is 7.07. The van der Waals surface area contributed by atoms with Gasteiger partial charge in [0.05, 0.1) is 0 Å². The van der Waals surface area contributed by atoms with Gasteiger partial charge in [-0.05, 0) is 42.3 Å². The van der Waals surface area contributed by atoms with Gasteiger partial charge in [-0.1, -0.05) is 31.9 Å². The van der Waals surface area contributed by atoms with Crippen LogP contribution in [0.15, 0.2) is 34.1 Å². The Labute approximate surface area is 127 Å². The molecule has 1 aromatic rings. The third-order valence-corrected chi connectivity index (χ3v) is 5.78. The lowest BCUT2D eigenvalue weighted by Gasteiger charge is -2.07. The number of carbonyl (C=O) groups excluding carboxylic acids is 1. The number of carbonyl (C=O) groups is 1. The van der Waals surface area contributed by atoms with Gasteiger partial charge in [0.25, 0.3) is 5.24 Å². The van der Waals surface area contributed by atoms with E-state index in [4.69, 9.17) is 0 Å². The largest absolute Gasteiger partial charge is 0.346 e. The number of rotatable bonds is 5. The maximum absolute atomic E-state index is 11.6. The Balaban J connectivity index is 2.39. The van der Waals surface area contributed by atoms with Crippen molar-refractivity contribution < 1.29 is 4.79 Å². The van der Waals surface area contributed by atoms with Crippen molar-refractivity contribution in [1.29, 1.82) is 0 Å². The fourth-order valence-corrected chi connectivity index (χ4v) is 2.48. The predicted molar refractivity (Wildman–Crippen MR) is 84.0 cm³/mol. The van der Waals surface area contributed by atoms with Gasteiger partial charge in [0.1, 0.15) is 0 Å². The van der Waals surface area contributed by atoms with E-state index in [1.807, 2.05) is 30.5 Å². The second kappa shape index (κ2) is 8.45. The summed E-state index contributed by atoms with van der Waals surface area (Å²) in [6, 6.07) is 7.97. The summed E-state index contributed by atoms with van der Waals surface area (Å²) in [5.41, 5.74) is 0. The van der Waals surface area contributed by atoms with Crippen LogP contribution in [0.2, 0.25) is 0 Å². The molecule has 0 spiro atoms. The number of benzene rings is 1. The number of halogens is 2. The average molecular weight is 399 g/mol. The fraction of sp³-hybridized carbons (Fsp3) is 0.364. The zero-order chi connectivity index (χ0) is 12.7. The molecule has 0 saturated heterocycles. The Kier molecular flexibility index (Phi) is 7.66. The van der Waals surface area contributed by atoms with Crippen molar-refractivity contribution in [2.45, 2.75) is 14.6 Å². The summed E-state index contributed by atoms with van der Waals surface area (Å²) >= 11 is 9.69. The summed E-state index contributed by atoms with van der Waals surface area (Å²) in [5.74, 6) is 0. The molecule has 1 aromatic carbocycles. The van der Waals surface area contributed by atoms with Gasteiger partial charge in [-0.25, -0.2) is 0 Å². The van der Waals surface area contributed by atoms with Crippen LogP contribution in [0, 0.1) is 0 Å². The highest BCUT2D eigenvalue weighted by Crippen LogP contribution is 2.22. The van der Waals surface area contributed by atoms with Crippen molar-refractivity contribution in [2.75, 3.05) is 18.1 Å².